The molecule has 0 heteroatoms. The fourth-order valence-corrected chi connectivity index (χ4v) is 2.60. The molecule has 0 aliphatic heterocycles. The van der Waals surface area contributed by atoms with Crippen molar-refractivity contribution in [3.05, 3.63) is 46.6 Å². The lowest BCUT2D eigenvalue weighted by Crippen LogP contribution is -1.96. The van der Waals surface area contributed by atoms with Gasteiger partial charge < -0.3 is 0 Å². The van der Waals surface area contributed by atoms with Crippen molar-refractivity contribution in [1.82, 2.24) is 0 Å². The molecule has 1 aliphatic carbocycles. The second-order valence-electron chi connectivity index (χ2n) is 5.94. The van der Waals surface area contributed by atoms with Crippen LogP contribution in [0.15, 0.2) is 46.6 Å². The van der Waals surface area contributed by atoms with Crippen molar-refractivity contribution in [2.75, 3.05) is 0 Å². The first-order valence-electron chi connectivity index (χ1n) is 8.43. The van der Waals surface area contributed by atoms with E-state index in [1.165, 1.54) is 73.7 Å². The minimum atomic E-state index is 1.21. The first-order chi connectivity index (χ1) is 9.69. The Hall–Kier alpha value is -1.04. The Morgan fingerprint density at radius 3 is 1.55 bits per heavy atom. The summed E-state index contributed by atoms with van der Waals surface area (Å²) in [6.07, 6.45) is 19.6. The van der Waals surface area contributed by atoms with Crippen LogP contribution in [-0.2, 0) is 0 Å². The van der Waals surface area contributed by atoms with Crippen LogP contribution in [0.4, 0.5) is 0 Å². The van der Waals surface area contributed by atoms with Gasteiger partial charge in [0.25, 0.3) is 0 Å². The summed E-state index contributed by atoms with van der Waals surface area (Å²) in [5.41, 5.74) is 6.04. The zero-order valence-corrected chi connectivity index (χ0v) is 14.0. The molecule has 0 saturated carbocycles. The second-order valence-corrected chi connectivity index (χ2v) is 5.94. The van der Waals surface area contributed by atoms with Crippen molar-refractivity contribution in [3.63, 3.8) is 0 Å². The highest BCUT2D eigenvalue weighted by Crippen LogP contribution is 2.28. The molecule has 0 aromatic carbocycles. The van der Waals surface area contributed by atoms with Gasteiger partial charge in [0, 0.05) is 0 Å². The SMILES string of the molecule is CCCC/C=C(\C)C1=CC=C(/C(C)=C/CCCC)CC1. The van der Waals surface area contributed by atoms with Gasteiger partial charge in [-0.15, -0.1) is 0 Å². The van der Waals surface area contributed by atoms with Crippen LogP contribution in [0.1, 0.15) is 79.1 Å². The Bertz CT molecular complexity index is 362. The molecule has 0 atom stereocenters. The molecule has 112 valence electrons. The maximum absolute atomic E-state index is 2.41. The molecular weight excluding hydrogens is 240 g/mol. The molecule has 0 spiro atoms. The molecule has 0 aromatic rings. The Morgan fingerprint density at radius 1 is 0.850 bits per heavy atom. The number of hydrogen-bond acceptors (Lipinski definition) is 0. The molecule has 0 N–H and O–H groups in total. The normalized spacial score (nSPS) is 17.0. The predicted molar refractivity (Wildman–Crippen MR) is 92.0 cm³/mol. The van der Waals surface area contributed by atoms with Crippen molar-refractivity contribution >= 4 is 0 Å². The summed E-state index contributed by atoms with van der Waals surface area (Å²) in [6.45, 7) is 9.05. The Balaban J connectivity index is 2.60. The second kappa shape index (κ2) is 9.80. The van der Waals surface area contributed by atoms with Gasteiger partial charge in [-0.05, 0) is 50.7 Å². The number of rotatable bonds is 8. The van der Waals surface area contributed by atoms with Gasteiger partial charge in [-0.1, -0.05) is 75.0 Å². The van der Waals surface area contributed by atoms with Crippen molar-refractivity contribution in [2.24, 2.45) is 0 Å². The van der Waals surface area contributed by atoms with E-state index in [0.717, 1.165) is 0 Å². The average molecular weight is 272 g/mol. The molecule has 20 heavy (non-hydrogen) atoms. The highest BCUT2D eigenvalue weighted by atomic mass is 14.1. The minimum absolute atomic E-state index is 1.21. The van der Waals surface area contributed by atoms with Crippen LogP contribution in [0.5, 0.6) is 0 Å². The van der Waals surface area contributed by atoms with Crippen molar-refractivity contribution in [3.8, 4) is 0 Å². The molecule has 0 aromatic heterocycles. The maximum Gasteiger partial charge on any atom is -0.0236 e. The fourth-order valence-electron chi connectivity index (χ4n) is 2.60. The summed E-state index contributed by atoms with van der Waals surface area (Å²) < 4.78 is 0. The van der Waals surface area contributed by atoms with Gasteiger partial charge in [0.05, 0.1) is 0 Å². The molecule has 0 fully saturated rings. The van der Waals surface area contributed by atoms with Crippen molar-refractivity contribution < 1.29 is 0 Å². The van der Waals surface area contributed by atoms with Crippen LogP contribution in [0.2, 0.25) is 0 Å². The lowest BCUT2D eigenvalue weighted by molar-refractivity contribution is 0.806. The topological polar surface area (TPSA) is 0 Å². The number of hydrogen-bond donors (Lipinski definition) is 0. The molecule has 0 saturated heterocycles. The fraction of sp³-hybridized carbons (Fsp3) is 0.600. The van der Waals surface area contributed by atoms with E-state index in [-0.39, 0.29) is 0 Å². The summed E-state index contributed by atoms with van der Waals surface area (Å²) in [5.74, 6) is 0. The quantitative estimate of drug-likeness (QED) is 0.421. The predicted octanol–water partition coefficient (Wildman–Crippen LogP) is 6.91. The minimum Gasteiger partial charge on any atom is -0.0813 e. The van der Waals surface area contributed by atoms with Gasteiger partial charge in [0.1, 0.15) is 0 Å². The third-order valence-electron chi connectivity index (χ3n) is 4.18. The zero-order valence-electron chi connectivity index (χ0n) is 14.0. The first-order valence-corrected chi connectivity index (χ1v) is 8.43. The lowest BCUT2D eigenvalue weighted by Gasteiger charge is -2.16. The van der Waals surface area contributed by atoms with E-state index < -0.39 is 0 Å². The van der Waals surface area contributed by atoms with E-state index >= 15 is 0 Å². The number of allylic oxidation sites excluding steroid dienone is 8. The Kier molecular flexibility index (Phi) is 8.34. The van der Waals surface area contributed by atoms with E-state index in [9.17, 15) is 0 Å². The molecule has 0 nitrogen and oxygen atoms in total. The summed E-state index contributed by atoms with van der Waals surface area (Å²) in [5, 5.41) is 0. The molecule has 0 amide bonds. The van der Waals surface area contributed by atoms with Crippen LogP contribution in [0.3, 0.4) is 0 Å². The van der Waals surface area contributed by atoms with Gasteiger partial charge in [0.15, 0.2) is 0 Å². The van der Waals surface area contributed by atoms with Crippen LogP contribution >= 0.6 is 0 Å². The van der Waals surface area contributed by atoms with Gasteiger partial charge >= 0.3 is 0 Å². The van der Waals surface area contributed by atoms with E-state index in [2.05, 4.69) is 52.0 Å². The van der Waals surface area contributed by atoms with E-state index in [0.29, 0.717) is 0 Å². The summed E-state index contributed by atoms with van der Waals surface area (Å²) in [4.78, 5) is 0. The van der Waals surface area contributed by atoms with Crippen LogP contribution < -0.4 is 0 Å². The Labute approximate surface area is 126 Å². The van der Waals surface area contributed by atoms with Gasteiger partial charge in [0.2, 0.25) is 0 Å². The Morgan fingerprint density at radius 2 is 1.25 bits per heavy atom. The lowest BCUT2D eigenvalue weighted by atomic mass is 9.90. The third-order valence-corrected chi connectivity index (χ3v) is 4.18. The highest BCUT2D eigenvalue weighted by molar-refractivity contribution is 5.42. The molecule has 1 aliphatic rings. The summed E-state index contributed by atoms with van der Waals surface area (Å²) >= 11 is 0. The van der Waals surface area contributed by atoms with Gasteiger partial charge in [-0.2, -0.15) is 0 Å². The van der Waals surface area contributed by atoms with E-state index in [4.69, 9.17) is 0 Å². The average Bonchev–Trinajstić information content (AvgIpc) is 2.47. The molecule has 0 bridgehead atoms. The first kappa shape index (κ1) is 17.0. The van der Waals surface area contributed by atoms with Gasteiger partial charge in [-0.3, -0.25) is 0 Å². The van der Waals surface area contributed by atoms with Gasteiger partial charge in [-0.25, -0.2) is 0 Å². The van der Waals surface area contributed by atoms with Crippen molar-refractivity contribution in [1.29, 1.82) is 0 Å². The standard InChI is InChI=1S/C20H32/c1-5-7-9-11-17(3)19-13-15-20(16-14-19)18(4)12-10-8-6-2/h11-13,15H,5-10,14,16H2,1-4H3/b17-11+,18-12+. The number of unbranched alkanes of at least 4 members (excludes halogenated alkanes) is 4. The highest BCUT2D eigenvalue weighted by Gasteiger charge is 2.08. The largest absolute Gasteiger partial charge is 0.0813 e. The summed E-state index contributed by atoms with van der Waals surface area (Å²) in [7, 11) is 0. The van der Waals surface area contributed by atoms with Crippen LogP contribution in [0.25, 0.3) is 0 Å². The van der Waals surface area contributed by atoms with E-state index in [1.54, 1.807) is 0 Å². The molecule has 1 rings (SSSR count). The maximum atomic E-state index is 2.41. The monoisotopic (exact) mass is 272 g/mol. The smallest absolute Gasteiger partial charge is 0.0236 e. The van der Waals surface area contributed by atoms with Crippen LogP contribution in [0, 0.1) is 0 Å². The molecule has 0 heterocycles. The summed E-state index contributed by atoms with van der Waals surface area (Å²) in [6, 6.07) is 0. The molecular formula is C20H32. The zero-order chi connectivity index (χ0) is 14.8. The van der Waals surface area contributed by atoms with E-state index in [1.807, 2.05) is 0 Å². The molecule has 0 radical (unpaired) electrons. The van der Waals surface area contributed by atoms with Crippen LogP contribution in [-0.4, -0.2) is 0 Å². The molecule has 0 unspecified atom stereocenters. The van der Waals surface area contributed by atoms with Crippen molar-refractivity contribution in [2.45, 2.75) is 79.1 Å². The third kappa shape index (κ3) is 5.94.